The summed E-state index contributed by atoms with van der Waals surface area (Å²) in [6.07, 6.45) is 1.70. The van der Waals surface area contributed by atoms with Crippen LogP contribution < -0.4 is 0 Å². The van der Waals surface area contributed by atoms with Crippen molar-refractivity contribution >= 4 is 26.0 Å². The van der Waals surface area contributed by atoms with E-state index in [0.717, 1.165) is 18.4 Å². The summed E-state index contributed by atoms with van der Waals surface area (Å²) in [6.45, 7) is 1.01. The standard InChI is InChI=1S/C13H18BrNO3S/c14-8-11-3-5-13(6-4-11)19(17,18)15-7-1-2-12(9-15)10-16/h3-6,12,16H,1-2,7-10H2. The summed E-state index contributed by atoms with van der Waals surface area (Å²) in [6, 6.07) is 6.92. The van der Waals surface area contributed by atoms with Crippen LogP contribution in [0.1, 0.15) is 18.4 Å². The van der Waals surface area contributed by atoms with E-state index in [1.807, 2.05) is 12.1 Å². The number of halogens is 1. The average Bonchev–Trinajstić information content (AvgIpc) is 2.47. The minimum atomic E-state index is -3.42. The Hall–Kier alpha value is -0.430. The molecule has 0 saturated carbocycles. The summed E-state index contributed by atoms with van der Waals surface area (Å²) in [5.74, 6) is 0.0605. The van der Waals surface area contributed by atoms with E-state index >= 15 is 0 Å². The van der Waals surface area contributed by atoms with E-state index in [4.69, 9.17) is 0 Å². The molecule has 1 aromatic rings. The van der Waals surface area contributed by atoms with Crippen LogP contribution in [0.3, 0.4) is 0 Å². The van der Waals surface area contributed by atoms with Crippen LogP contribution in [-0.4, -0.2) is 37.5 Å². The monoisotopic (exact) mass is 347 g/mol. The normalized spacial score (nSPS) is 21.5. The molecule has 106 valence electrons. The Morgan fingerprint density at radius 1 is 1.32 bits per heavy atom. The highest BCUT2D eigenvalue weighted by Crippen LogP contribution is 2.24. The van der Waals surface area contributed by atoms with Gasteiger partial charge in [-0.15, -0.1) is 0 Å². The first-order chi connectivity index (χ1) is 9.07. The highest BCUT2D eigenvalue weighted by Gasteiger charge is 2.29. The van der Waals surface area contributed by atoms with E-state index in [1.54, 1.807) is 12.1 Å². The lowest BCUT2D eigenvalue weighted by Crippen LogP contribution is -2.40. The molecule has 1 N–H and O–H groups in total. The van der Waals surface area contributed by atoms with Crippen molar-refractivity contribution in [2.45, 2.75) is 23.1 Å². The Kier molecular flexibility index (Phi) is 5.00. The van der Waals surface area contributed by atoms with Gasteiger partial charge in [0.25, 0.3) is 0 Å². The minimum Gasteiger partial charge on any atom is -0.396 e. The van der Waals surface area contributed by atoms with Gasteiger partial charge in [-0.1, -0.05) is 28.1 Å². The number of rotatable bonds is 4. The van der Waals surface area contributed by atoms with Crippen LogP contribution in [0, 0.1) is 5.92 Å². The molecule has 1 saturated heterocycles. The Balaban J connectivity index is 2.20. The molecule has 0 spiro atoms. The molecule has 0 radical (unpaired) electrons. The first kappa shape index (κ1) is 15.0. The van der Waals surface area contributed by atoms with Gasteiger partial charge in [0.1, 0.15) is 0 Å². The molecule has 1 aliphatic rings. The third-order valence-electron chi connectivity index (χ3n) is 3.46. The van der Waals surface area contributed by atoms with Crippen LogP contribution in [0.25, 0.3) is 0 Å². The third kappa shape index (κ3) is 3.37. The number of aliphatic hydroxyl groups excluding tert-OH is 1. The number of aliphatic hydroxyl groups is 1. The molecule has 1 atom stereocenters. The van der Waals surface area contributed by atoms with E-state index in [-0.39, 0.29) is 12.5 Å². The van der Waals surface area contributed by atoms with Gasteiger partial charge in [0.15, 0.2) is 0 Å². The molecule has 19 heavy (non-hydrogen) atoms. The predicted octanol–water partition coefficient (Wildman–Crippen LogP) is 1.97. The van der Waals surface area contributed by atoms with E-state index in [1.165, 1.54) is 4.31 Å². The van der Waals surface area contributed by atoms with Crippen molar-refractivity contribution in [3.63, 3.8) is 0 Å². The summed E-state index contributed by atoms with van der Waals surface area (Å²) in [7, 11) is -3.42. The first-order valence-corrected chi connectivity index (χ1v) is 8.90. The van der Waals surface area contributed by atoms with Crippen LogP contribution in [0.15, 0.2) is 29.2 Å². The van der Waals surface area contributed by atoms with E-state index in [2.05, 4.69) is 15.9 Å². The van der Waals surface area contributed by atoms with Gasteiger partial charge in [-0.25, -0.2) is 8.42 Å². The number of benzene rings is 1. The smallest absolute Gasteiger partial charge is 0.243 e. The number of nitrogens with zero attached hydrogens (tertiary/aromatic N) is 1. The molecule has 1 fully saturated rings. The zero-order valence-corrected chi connectivity index (χ0v) is 13.0. The Bertz CT molecular complexity index is 515. The molecule has 0 aliphatic carbocycles. The van der Waals surface area contributed by atoms with E-state index in [0.29, 0.717) is 23.3 Å². The van der Waals surface area contributed by atoms with Gasteiger partial charge < -0.3 is 5.11 Å². The quantitative estimate of drug-likeness (QED) is 0.847. The van der Waals surface area contributed by atoms with Crippen molar-refractivity contribution in [2.24, 2.45) is 5.92 Å². The molecular formula is C13H18BrNO3S. The van der Waals surface area contributed by atoms with Crippen molar-refractivity contribution in [1.29, 1.82) is 0 Å². The lowest BCUT2D eigenvalue weighted by Gasteiger charge is -2.30. The second kappa shape index (κ2) is 6.35. The Labute approximate surface area is 122 Å². The molecule has 0 bridgehead atoms. The molecule has 1 unspecified atom stereocenters. The van der Waals surface area contributed by atoms with Crippen LogP contribution in [0.2, 0.25) is 0 Å². The second-order valence-electron chi connectivity index (χ2n) is 4.83. The lowest BCUT2D eigenvalue weighted by molar-refractivity contribution is 0.165. The molecule has 4 nitrogen and oxygen atoms in total. The topological polar surface area (TPSA) is 57.6 Å². The van der Waals surface area contributed by atoms with Crippen molar-refractivity contribution in [3.8, 4) is 0 Å². The third-order valence-corrected chi connectivity index (χ3v) is 5.98. The van der Waals surface area contributed by atoms with Gasteiger partial charge in [-0.2, -0.15) is 4.31 Å². The molecule has 0 aromatic heterocycles. The first-order valence-electron chi connectivity index (χ1n) is 6.34. The fourth-order valence-electron chi connectivity index (χ4n) is 2.29. The number of sulfonamides is 1. The SMILES string of the molecule is O=S(=O)(c1ccc(CBr)cc1)N1CCCC(CO)C1. The molecule has 6 heteroatoms. The van der Waals surface area contributed by atoms with Gasteiger partial charge in [-0.05, 0) is 36.5 Å². The van der Waals surface area contributed by atoms with Gasteiger partial charge in [-0.3, -0.25) is 0 Å². The van der Waals surface area contributed by atoms with Crippen molar-refractivity contribution < 1.29 is 13.5 Å². The molecular weight excluding hydrogens is 330 g/mol. The zero-order valence-electron chi connectivity index (χ0n) is 10.6. The van der Waals surface area contributed by atoms with Crippen LogP contribution in [0.4, 0.5) is 0 Å². The van der Waals surface area contributed by atoms with Crippen molar-refractivity contribution in [1.82, 2.24) is 4.31 Å². The summed E-state index contributed by atoms with van der Waals surface area (Å²) >= 11 is 3.34. The van der Waals surface area contributed by atoms with Crippen LogP contribution >= 0.6 is 15.9 Å². The minimum absolute atomic E-state index is 0.0501. The summed E-state index contributed by atoms with van der Waals surface area (Å²) in [5, 5.41) is 9.90. The fourth-order valence-corrected chi connectivity index (χ4v) is 4.22. The number of hydrogen-bond donors (Lipinski definition) is 1. The van der Waals surface area contributed by atoms with Crippen molar-refractivity contribution in [3.05, 3.63) is 29.8 Å². The average molecular weight is 348 g/mol. The number of alkyl halides is 1. The van der Waals surface area contributed by atoms with E-state index < -0.39 is 10.0 Å². The number of hydrogen-bond acceptors (Lipinski definition) is 3. The maximum absolute atomic E-state index is 12.5. The van der Waals surface area contributed by atoms with Crippen LogP contribution in [0.5, 0.6) is 0 Å². The maximum atomic E-state index is 12.5. The molecule has 1 heterocycles. The predicted molar refractivity (Wildman–Crippen MR) is 77.6 cm³/mol. The Morgan fingerprint density at radius 3 is 2.58 bits per heavy atom. The molecule has 0 amide bonds. The molecule has 2 rings (SSSR count). The fraction of sp³-hybridized carbons (Fsp3) is 0.538. The summed E-state index contributed by atoms with van der Waals surface area (Å²) < 4.78 is 26.4. The molecule has 1 aliphatic heterocycles. The van der Waals surface area contributed by atoms with Gasteiger partial charge in [0, 0.05) is 25.0 Å². The van der Waals surface area contributed by atoms with Gasteiger partial charge in [0.05, 0.1) is 4.90 Å². The van der Waals surface area contributed by atoms with Crippen LogP contribution in [-0.2, 0) is 15.4 Å². The number of piperidine rings is 1. The Morgan fingerprint density at radius 2 is 2.00 bits per heavy atom. The molecule has 1 aromatic carbocycles. The van der Waals surface area contributed by atoms with Gasteiger partial charge in [0.2, 0.25) is 10.0 Å². The second-order valence-corrected chi connectivity index (χ2v) is 7.33. The summed E-state index contributed by atoms with van der Waals surface area (Å²) in [5.41, 5.74) is 1.05. The highest BCUT2D eigenvalue weighted by molar-refractivity contribution is 9.08. The van der Waals surface area contributed by atoms with Gasteiger partial charge >= 0.3 is 0 Å². The summed E-state index contributed by atoms with van der Waals surface area (Å²) in [4.78, 5) is 0.329. The highest BCUT2D eigenvalue weighted by atomic mass is 79.9. The van der Waals surface area contributed by atoms with E-state index in [9.17, 15) is 13.5 Å². The van der Waals surface area contributed by atoms with Crippen molar-refractivity contribution in [2.75, 3.05) is 19.7 Å². The zero-order chi connectivity index (χ0) is 13.9. The lowest BCUT2D eigenvalue weighted by atomic mass is 10.0. The largest absolute Gasteiger partial charge is 0.396 e. The maximum Gasteiger partial charge on any atom is 0.243 e.